The predicted molar refractivity (Wildman–Crippen MR) is 119 cm³/mol. The molecular weight excluding hydrogens is 400 g/mol. The second-order valence-electron chi connectivity index (χ2n) is 6.39. The maximum Gasteiger partial charge on any atom is 0.291 e. The molecule has 3 rings (SSSR count). The zero-order valence-electron chi connectivity index (χ0n) is 16.9. The largest absolute Gasteiger partial charge is 0.492 e. The summed E-state index contributed by atoms with van der Waals surface area (Å²) in [6, 6.07) is 18.0. The van der Waals surface area contributed by atoms with E-state index in [-0.39, 0.29) is 22.8 Å². The van der Waals surface area contributed by atoms with Gasteiger partial charge in [-0.2, -0.15) is 0 Å². The van der Waals surface area contributed by atoms with E-state index >= 15 is 0 Å². The van der Waals surface area contributed by atoms with Crippen LogP contribution in [0.5, 0.6) is 5.75 Å². The molecule has 0 aliphatic heterocycles. The monoisotopic (exact) mass is 424 g/mol. The highest BCUT2D eigenvalue weighted by molar-refractivity contribution is 8.00. The Labute approximate surface area is 180 Å². The molecule has 0 radical (unpaired) electrons. The third-order valence-corrected chi connectivity index (χ3v) is 5.58. The summed E-state index contributed by atoms with van der Waals surface area (Å²) < 4.78 is 10.7. The Morgan fingerprint density at radius 1 is 1.03 bits per heavy atom. The van der Waals surface area contributed by atoms with Crippen LogP contribution >= 0.6 is 11.8 Å². The molecule has 1 atom stereocenters. The van der Waals surface area contributed by atoms with Crippen molar-refractivity contribution in [1.29, 1.82) is 0 Å². The van der Waals surface area contributed by atoms with Crippen molar-refractivity contribution in [2.45, 2.75) is 30.4 Å². The van der Waals surface area contributed by atoms with E-state index in [1.54, 1.807) is 18.2 Å². The smallest absolute Gasteiger partial charge is 0.291 e. The molecule has 7 heteroatoms. The maximum absolute atomic E-state index is 12.9. The zero-order valence-corrected chi connectivity index (χ0v) is 17.7. The van der Waals surface area contributed by atoms with Crippen LogP contribution in [0.2, 0.25) is 0 Å². The fourth-order valence-corrected chi connectivity index (χ4v) is 3.81. The number of furan rings is 1. The van der Waals surface area contributed by atoms with E-state index in [9.17, 15) is 9.59 Å². The lowest BCUT2D eigenvalue weighted by Gasteiger charge is -2.17. The number of benzene rings is 2. The third-order valence-electron chi connectivity index (χ3n) is 4.22. The first-order valence-electron chi connectivity index (χ1n) is 9.75. The van der Waals surface area contributed by atoms with Crippen molar-refractivity contribution in [2.75, 3.05) is 17.2 Å². The van der Waals surface area contributed by atoms with Crippen molar-refractivity contribution < 1.29 is 18.7 Å². The van der Waals surface area contributed by atoms with Crippen molar-refractivity contribution in [3.05, 3.63) is 72.7 Å². The number of carbonyl (C=O) groups excluding carboxylic acids is 2. The van der Waals surface area contributed by atoms with Gasteiger partial charge in [-0.1, -0.05) is 25.1 Å². The SMILES string of the molecule is CCOc1ccccc1NC(=O)C(CC)Sc1cccc(NC(=O)c2ccco2)c1. The number of anilines is 2. The van der Waals surface area contributed by atoms with Gasteiger partial charge in [0.1, 0.15) is 5.75 Å². The van der Waals surface area contributed by atoms with Gasteiger partial charge in [0, 0.05) is 10.6 Å². The van der Waals surface area contributed by atoms with Gasteiger partial charge in [-0.3, -0.25) is 9.59 Å². The number of para-hydroxylation sites is 2. The molecule has 30 heavy (non-hydrogen) atoms. The summed E-state index contributed by atoms with van der Waals surface area (Å²) in [5.41, 5.74) is 1.29. The molecule has 2 aromatic carbocycles. The molecule has 6 nitrogen and oxygen atoms in total. The Hall–Kier alpha value is -3.19. The van der Waals surface area contributed by atoms with Crippen LogP contribution in [0.25, 0.3) is 0 Å². The first-order valence-corrected chi connectivity index (χ1v) is 10.6. The van der Waals surface area contributed by atoms with E-state index in [2.05, 4.69) is 10.6 Å². The van der Waals surface area contributed by atoms with Gasteiger partial charge >= 0.3 is 0 Å². The normalized spacial score (nSPS) is 11.5. The molecule has 0 saturated heterocycles. The summed E-state index contributed by atoms with van der Waals surface area (Å²) in [7, 11) is 0. The topological polar surface area (TPSA) is 80.6 Å². The number of carbonyl (C=O) groups is 2. The molecule has 2 N–H and O–H groups in total. The molecule has 0 spiro atoms. The molecule has 0 aliphatic carbocycles. The van der Waals surface area contributed by atoms with Crippen LogP contribution in [-0.2, 0) is 4.79 Å². The highest BCUT2D eigenvalue weighted by Gasteiger charge is 2.20. The minimum absolute atomic E-state index is 0.0975. The van der Waals surface area contributed by atoms with E-state index < -0.39 is 0 Å². The van der Waals surface area contributed by atoms with Crippen LogP contribution in [0, 0.1) is 0 Å². The number of ether oxygens (including phenoxy) is 1. The van der Waals surface area contributed by atoms with Crippen molar-refractivity contribution >= 4 is 35.0 Å². The average Bonchev–Trinajstić information content (AvgIpc) is 3.29. The summed E-state index contributed by atoms with van der Waals surface area (Å²) in [5, 5.41) is 5.47. The first-order chi connectivity index (χ1) is 14.6. The summed E-state index contributed by atoms with van der Waals surface area (Å²) in [6.07, 6.45) is 2.10. The van der Waals surface area contributed by atoms with Gasteiger partial charge < -0.3 is 19.8 Å². The maximum atomic E-state index is 12.9. The van der Waals surface area contributed by atoms with Gasteiger partial charge in [0.25, 0.3) is 5.91 Å². The highest BCUT2D eigenvalue weighted by Crippen LogP contribution is 2.30. The average molecular weight is 425 g/mol. The lowest BCUT2D eigenvalue weighted by Crippen LogP contribution is -2.24. The van der Waals surface area contributed by atoms with Gasteiger partial charge in [-0.15, -0.1) is 11.8 Å². The standard InChI is InChI=1S/C23H24N2O4S/c1-3-21(23(27)25-18-11-5-6-12-19(18)28-4-2)30-17-10-7-9-16(15-17)24-22(26)20-13-8-14-29-20/h5-15,21H,3-4H2,1-2H3,(H,24,26)(H,25,27). The Morgan fingerprint density at radius 2 is 1.87 bits per heavy atom. The number of thioether (sulfide) groups is 1. The minimum Gasteiger partial charge on any atom is -0.492 e. The van der Waals surface area contributed by atoms with E-state index in [1.807, 2.05) is 56.3 Å². The van der Waals surface area contributed by atoms with Crippen molar-refractivity contribution in [3.63, 3.8) is 0 Å². The molecule has 1 aromatic heterocycles. The molecule has 0 fully saturated rings. The summed E-state index contributed by atoms with van der Waals surface area (Å²) >= 11 is 1.45. The van der Waals surface area contributed by atoms with Crippen LogP contribution in [-0.4, -0.2) is 23.7 Å². The predicted octanol–water partition coefficient (Wildman–Crippen LogP) is 5.44. The Morgan fingerprint density at radius 3 is 2.60 bits per heavy atom. The van der Waals surface area contributed by atoms with Gasteiger partial charge in [-0.05, 0) is 55.8 Å². The van der Waals surface area contributed by atoms with Crippen molar-refractivity contribution in [1.82, 2.24) is 0 Å². The van der Waals surface area contributed by atoms with Crippen molar-refractivity contribution in [2.24, 2.45) is 0 Å². The van der Waals surface area contributed by atoms with Crippen LogP contribution in [0.15, 0.2) is 76.2 Å². The second kappa shape index (κ2) is 10.5. The molecule has 1 heterocycles. The van der Waals surface area contributed by atoms with Crippen molar-refractivity contribution in [3.8, 4) is 5.75 Å². The number of nitrogens with one attached hydrogen (secondary N) is 2. The van der Waals surface area contributed by atoms with Crippen LogP contribution in [0.1, 0.15) is 30.8 Å². The number of rotatable bonds is 9. The molecule has 156 valence electrons. The molecule has 0 saturated carbocycles. The lowest BCUT2D eigenvalue weighted by atomic mass is 10.2. The Balaban J connectivity index is 1.67. The fraction of sp³-hybridized carbons (Fsp3) is 0.217. The van der Waals surface area contributed by atoms with Crippen LogP contribution in [0.3, 0.4) is 0 Å². The van der Waals surface area contributed by atoms with Crippen LogP contribution in [0.4, 0.5) is 11.4 Å². The summed E-state index contributed by atoms with van der Waals surface area (Å²) in [5.74, 6) is 0.474. The quantitative estimate of drug-likeness (QED) is 0.447. The Kier molecular flexibility index (Phi) is 7.57. The van der Waals surface area contributed by atoms with E-state index in [0.717, 1.165) is 4.90 Å². The number of amides is 2. The van der Waals surface area contributed by atoms with Crippen LogP contribution < -0.4 is 15.4 Å². The van der Waals surface area contributed by atoms with Gasteiger partial charge in [-0.25, -0.2) is 0 Å². The molecule has 0 aliphatic rings. The minimum atomic E-state index is -0.320. The van der Waals surface area contributed by atoms with Gasteiger partial charge in [0.05, 0.1) is 23.8 Å². The molecule has 2 amide bonds. The molecule has 0 bridgehead atoms. The van der Waals surface area contributed by atoms with E-state index in [4.69, 9.17) is 9.15 Å². The zero-order chi connectivity index (χ0) is 21.3. The van der Waals surface area contributed by atoms with E-state index in [1.165, 1.54) is 18.0 Å². The molecule has 1 unspecified atom stereocenters. The fourth-order valence-electron chi connectivity index (χ4n) is 2.80. The molecular formula is C23H24N2O4S. The van der Waals surface area contributed by atoms with Gasteiger partial charge in [0.15, 0.2) is 5.76 Å². The third kappa shape index (κ3) is 5.67. The van der Waals surface area contributed by atoms with Gasteiger partial charge in [0.2, 0.25) is 5.91 Å². The summed E-state index contributed by atoms with van der Waals surface area (Å²) in [4.78, 5) is 25.9. The first kappa shape index (κ1) is 21.5. The van der Waals surface area contributed by atoms with E-state index in [0.29, 0.717) is 30.2 Å². The number of hydrogen-bond acceptors (Lipinski definition) is 5. The Bertz CT molecular complexity index is 988. The highest BCUT2D eigenvalue weighted by atomic mass is 32.2. The summed E-state index contributed by atoms with van der Waals surface area (Å²) in [6.45, 7) is 4.39. The second-order valence-corrected chi connectivity index (χ2v) is 7.67. The molecule has 3 aromatic rings. The number of hydrogen-bond donors (Lipinski definition) is 2. The lowest BCUT2D eigenvalue weighted by molar-refractivity contribution is -0.115.